The molecule has 0 aliphatic rings. The number of ether oxygens (including phenoxy) is 3. The number of aryl methyl sites for hydroxylation is 1. The summed E-state index contributed by atoms with van der Waals surface area (Å²) < 4.78 is 16.4. The second-order valence-electron chi connectivity index (χ2n) is 4.72. The van der Waals surface area contributed by atoms with Crippen LogP contribution < -0.4 is 14.2 Å². The van der Waals surface area contributed by atoms with Crippen LogP contribution in [-0.4, -0.2) is 20.3 Å². The van der Waals surface area contributed by atoms with E-state index in [-0.39, 0.29) is 0 Å². The van der Waals surface area contributed by atoms with E-state index in [4.69, 9.17) is 14.2 Å². The monoisotopic (exact) mass is 286 g/mol. The average molecular weight is 286 g/mol. The van der Waals surface area contributed by atoms with Crippen molar-refractivity contribution in [2.45, 2.75) is 19.8 Å². The molecule has 112 valence electrons. The van der Waals surface area contributed by atoms with E-state index in [1.807, 2.05) is 36.4 Å². The van der Waals surface area contributed by atoms with Crippen LogP contribution in [0.2, 0.25) is 0 Å². The number of benzene rings is 2. The SMILES string of the molecule is CCc1ccc(OCCCOc2ccc(OC)cc2)cc1. The summed E-state index contributed by atoms with van der Waals surface area (Å²) in [7, 11) is 1.65. The molecule has 0 radical (unpaired) electrons. The molecule has 0 spiro atoms. The van der Waals surface area contributed by atoms with E-state index < -0.39 is 0 Å². The summed E-state index contributed by atoms with van der Waals surface area (Å²) in [5.41, 5.74) is 1.32. The number of hydrogen-bond donors (Lipinski definition) is 0. The molecule has 0 heterocycles. The van der Waals surface area contributed by atoms with Gasteiger partial charge in [0.2, 0.25) is 0 Å². The molecule has 0 amide bonds. The lowest BCUT2D eigenvalue weighted by atomic mass is 10.2. The maximum atomic E-state index is 5.68. The van der Waals surface area contributed by atoms with Gasteiger partial charge < -0.3 is 14.2 Å². The molecular weight excluding hydrogens is 264 g/mol. The van der Waals surface area contributed by atoms with E-state index in [1.165, 1.54) is 5.56 Å². The lowest BCUT2D eigenvalue weighted by molar-refractivity contribution is 0.247. The van der Waals surface area contributed by atoms with Gasteiger partial charge in [-0.3, -0.25) is 0 Å². The van der Waals surface area contributed by atoms with Crippen LogP contribution in [0.25, 0.3) is 0 Å². The third-order valence-electron chi connectivity index (χ3n) is 3.22. The maximum absolute atomic E-state index is 5.68. The lowest BCUT2D eigenvalue weighted by Gasteiger charge is -2.09. The first-order valence-electron chi connectivity index (χ1n) is 7.30. The second kappa shape index (κ2) is 8.20. The number of rotatable bonds is 8. The van der Waals surface area contributed by atoms with Crippen LogP contribution in [0.3, 0.4) is 0 Å². The summed E-state index contributed by atoms with van der Waals surface area (Å²) >= 11 is 0. The Morgan fingerprint density at radius 2 is 1.19 bits per heavy atom. The van der Waals surface area contributed by atoms with Gasteiger partial charge in [-0.25, -0.2) is 0 Å². The maximum Gasteiger partial charge on any atom is 0.119 e. The van der Waals surface area contributed by atoms with Crippen molar-refractivity contribution in [2.75, 3.05) is 20.3 Å². The Morgan fingerprint density at radius 1 is 0.714 bits per heavy atom. The highest BCUT2D eigenvalue weighted by atomic mass is 16.5. The van der Waals surface area contributed by atoms with Crippen LogP contribution in [-0.2, 0) is 6.42 Å². The van der Waals surface area contributed by atoms with Crippen LogP contribution in [0.4, 0.5) is 0 Å². The van der Waals surface area contributed by atoms with E-state index in [0.717, 1.165) is 30.1 Å². The third kappa shape index (κ3) is 5.03. The Hall–Kier alpha value is -2.16. The van der Waals surface area contributed by atoms with E-state index in [1.54, 1.807) is 7.11 Å². The van der Waals surface area contributed by atoms with E-state index in [9.17, 15) is 0 Å². The standard InChI is InChI=1S/C18H22O3/c1-3-15-5-7-17(8-6-15)20-13-4-14-21-18-11-9-16(19-2)10-12-18/h5-12H,3-4,13-14H2,1-2H3. The predicted octanol–water partition coefficient (Wildman–Crippen LogP) is 4.11. The molecule has 0 N–H and O–H groups in total. The third-order valence-corrected chi connectivity index (χ3v) is 3.22. The Bertz CT molecular complexity index is 468. The smallest absolute Gasteiger partial charge is 0.119 e. The van der Waals surface area contributed by atoms with E-state index in [0.29, 0.717) is 13.2 Å². The van der Waals surface area contributed by atoms with Gasteiger partial charge in [-0.2, -0.15) is 0 Å². The summed E-state index contributed by atoms with van der Waals surface area (Å²) in [5, 5.41) is 0. The summed E-state index contributed by atoms with van der Waals surface area (Å²) in [6.07, 6.45) is 1.90. The highest BCUT2D eigenvalue weighted by Crippen LogP contribution is 2.17. The zero-order valence-electron chi connectivity index (χ0n) is 12.7. The molecular formula is C18H22O3. The summed E-state index contributed by atoms with van der Waals surface area (Å²) in [5.74, 6) is 2.60. The first-order chi connectivity index (χ1) is 10.3. The van der Waals surface area contributed by atoms with Gasteiger partial charge in [-0.15, -0.1) is 0 Å². The Kier molecular flexibility index (Phi) is 5.95. The average Bonchev–Trinajstić information content (AvgIpc) is 2.55. The van der Waals surface area contributed by atoms with Crippen molar-refractivity contribution in [1.82, 2.24) is 0 Å². The molecule has 0 fully saturated rings. The molecule has 0 unspecified atom stereocenters. The first kappa shape index (κ1) is 15.2. The van der Waals surface area contributed by atoms with Gasteiger partial charge in [0.05, 0.1) is 20.3 Å². The molecule has 0 aromatic heterocycles. The molecule has 3 nitrogen and oxygen atoms in total. The van der Waals surface area contributed by atoms with Crippen LogP contribution in [0.1, 0.15) is 18.9 Å². The zero-order valence-corrected chi connectivity index (χ0v) is 12.7. The quantitative estimate of drug-likeness (QED) is 0.684. The normalized spacial score (nSPS) is 10.2. The van der Waals surface area contributed by atoms with Crippen LogP contribution in [0, 0.1) is 0 Å². The van der Waals surface area contributed by atoms with Crippen LogP contribution in [0.15, 0.2) is 48.5 Å². The molecule has 0 saturated carbocycles. The van der Waals surface area contributed by atoms with Gasteiger partial charge in [0, 0.05) is 6.42 Å². The van der Waals surface area contributed by atoms with Crippen molar-refractivity contribution in [3.05, 3.63) is 54.1 Å². The molecule has 0 saturated heterocycles. The van der Waals surface area contributed by atoms with Gasteiger partial charge in [0.1, 0.15) is 17.2 Å². The fourth-order valence-corrected chi connectivity index (χ4v) is 1.93. The van der Waals surface area contributed by atoms with E-state index in [2.05, 4.69) is 19.1 Å². The minimum Gasteiger partial charge on any atom is -0.497 e. The van der Waals surface area contributed by atoms with Gasteiger partial charge in [0.15, 0.2) is 0 Å². The molecule has 0 aliphatic heterocycles. The summed E-state index contributed by atoms with van der Waals surface area (Å²) in [6, 6.07) is 15.8. The molecule has 21 heavy (non-hydrogen) atoms. The second-order valence-corrected chi connectivity index (χ2v) is 4.72. The fraction of sp³-hybridized carbons (Fsp3) is 0.333. The van der Waals surface area contributed by atoms with Crippen LogP contribution in [0.5, 0.6) is 17.2 Å². The van der Waals surface area contributed by atoms with Gasteiger partial charge in [-0.05, 0) is 48.4 Å². The molecule has 0 bridgehead atoms. The highest BCUT2D eigenvalue weighted by molar-refractivity contribution is 5.31. The minimum absolute atomic E-state index is 0.638. The van der Waals surface area contributed by atoms with Crippen molar-refractivity contribution in [3.63, 3.8) is 0 Å². The topological polar surface area (TPSA) is 27.7 Å². The van der Waals surface area contributed by atoms with Crippen molar-refractivity contribution < 1.29 is 14.2 Å². The molecule has 0 atom stereocenters. The lowest BCUT2D eigenvalue weighted by Crippen LogP contribution is -2.05. The molecule has 2 rings (SSSR count). The minimum atomic E-state index is 0.638. The Morgan fingerprint density at radius 3 is 1.67 bits per heavy atom. The van der Waals surface area contributed by atoms with Gasteiger partial charge in [-0.1, -0.05) is 19.1 Å². The van der Waals surface area contributed by atoms with Gasteiger partial charge in [0.25, 0.3) is 0 Å². The predicted molar refractivity (Wildman–Crippen MR) is 84.4 cm³/mol. The molecule has 3 heteroatoms. The number of methoxy groups -OCH3 is 1. The van der Waals surface area contributed by atoms with Crippen molar-refractivity contribution in [3.8, 4) is 17.2 Å². The highest BCUT2D eigenvalue weighted by Gasteiger charge is 1.97. The zero-order chi connectivity index (χ0) is 14.9. The molecule has 2 aromatic carbocycles. The van der Waals surface area contributed by atoms with Crippen LogP contribution >= 0.6 is 0 Å². The summed E-state index contributed by atoms with van der Waals surface area (Å²) in [4.78, 5) is 0. The van der Waals surface area contributed by atoms with Crippen molar-refractivity contribution in [1.29, 1.82) is 0 Å². The Balaban J connectivity index is 1.64. The number of hydrogen-bond acceptors (Lipinski definition) is 3. The molecule has 2 aromatic rings. The summed E-state index contributed by atoms with van der Waals surface area (Å²) in [6.45, 7) is 3.44. The van der Waals surface area contributed by atoms with Crippen molar-refractivity contribution in [2.24, 2.45) is 0 Å². The fourth-order valence-electron chi connectivity index (χ4n) is 1.93. The molecule has 0 aliphatic carbocycles. The van der Waals surface area contributed by atoms with E-state index >= 15 is 0 Å². The van der Waals surface area contributed by atoms with Gasteiger partial charge >= 0.3 is 0 Å². The first-order valence-corrected chi connectivity index (χ1v) is 7.30. The Labute approximate surface area is 126 Å². The van der Waals surface area contributed by atoms with Crippen molar-refractivity contribution >= 4 is 0 Å². The largest absolute Gasteiger partial charge is 0.497 e.